The molecule has 0 aliphatic heterocycles. The van der Waals surface area contributed by atoms with Crippen LogP contribution in [-0.2, 0) is 12.8 Å². The molecule has 1 N–H and O–H groups in total. The van der Waals surface area contributed by atoms with Gasteiger partial charge in [0.2, 0.25) is 0 Å². The van der Waals surface area contributed by atoms with Gasteiger partial charge in [-0.2, -0.15) is 0 Å². The number of hydrogen-bond acceptors (Lipinski definition) is 1. The Morgan fingerprint density at radius 1 is 1.25 bits per heavy atom. The molecule has 0 bridgehead atoms. The average molecular weight is 258 g/mol. The molecule has 0 saturated heterocycles. The molecule has 1 nitrogen and oxygen atoms in total. The van der Waals surface area contributed by atoms with Crippen LogP contribution < -0.4 is 5.32 Å². The minimum Gasteiger partial charge on any atom is -0.380 e. The van der Waals surface area contributed by atoms with Gasteiger partial charge >= 0.3 is 0 Å². The fourth-order valence-electron chi connectivity index (χ4n) is 1.68. The van der Waals surface area contributed by atoms with Crippen LogP contribution >= 0.6 is 23.2 Å². The first-order chi connectivity index (χ1) is 7.72. The summed E-state index contributed by atoms with van der Waals surface area (Å²) in [6.45, 7) is 4.88. The summed E-state index contributed by atoms with van der Waals surface area (Å²) < 4.78 is 0. The summed E-state index contributed by atoms with van der Waals surface area (Å²) in [6, 6.07) is 6.38. The number of hydrogen-bond donors (Lipinski definition) is 1. The van der Waals surface area contributed by atoms with Crippen molar-refractivity contribution >= 4 is 28.9 Å². The second kappa shape index (κ2) is 6.82. The lowest BCUT2D eigenvalue weighted by Gasteiger charge is -2.14. The van der Waals surface area contributed by atoms with Crippen LogP contribution in [0.2, 0.25) is 0 Å². The molecular formula is C13H17Cl2N. The lowest BCUT2D eigenvalue weighted by molar-refractivity contribution is 1.07. The first-order valence-electron chi connectivity index (χ1n) is 5.52. The summed E-state index contributed by atoms with van der Waals surface area (Å²) in [5.41, 5.74) is 5.23. The third kappa shape index (κ3) is 3.43. The molecule has 0 radical (unpaired) electrons. The largest absolute Gasteiger partial charge is 0.380 e. The predicted molar refractivity (Wildman–Crippen MR) is 73.5 cm³/mol. The van der Waals surface area contributed by atoms with Gasteiger partial charge in [-0.3, -0.25) is 0 Å². The van der Waals surface area contributed by atoms with Gasteiger partial charge < -0.3 is 5.32 Å². The minimum absolute atomic E-state index is 0.578. The van der Waals surface area contributed by atoms with Crippen molar-refractivity contribution in [2.75, 3.05) is 11.9 Å². The van der Waals surface area contributed by atoms with E-state index in [2.05, 4.69) is 37.4 Å². The van der Waals surface area contributed by atoms with Gasteiger partial charge in [-0.15, -0.1) is 0 Å². The van der Waals surface area contributed by atoms with Crippen molar-refractivity contribution in [2.24, 2.45) is 0 Å². The molecule has 0 heterocycles. The topological polar surface area (TPSA) is 12.0 Å². The molecule has 1 rings (SSSR count). The molecule has 88 valence electrons. The summed E-state index contributed by atoms with van der Waals surface area (Å²) in [6.07, 6.45) is 2.02. The van der Waals surface area contributed by atoms with Gasteiger partial charge in [-0.05, 0) is 24.0 Å². The average Bonchev–Trinajstić information content (AvgIpc) is 2.35. The Morgan fingerprint density at radius 3 is 2.25 bits per heavy atom. The molecule has 1 aromatic carbocycles. The van der Waals surface area contributed by atoms with Crippen LogP contribution in [0.5, 0.6) is 0 Å². The lowest BCUT2D eigenvalue weighted by atomic mass is 10.0. The van der Waals surface area contributed by atoms with E-state index in [0.29, 0.717) is 11.6 Å². The van der Waals surface area contributed by atoms with Crippen LogP contribution in [0.15, 0.2) is 28.8 Å². The number of para-hydroxylation sites is 1. The van der Waals surface area contributed by atoms with E-state index in [-0.39, 0.29) is 0 Å². The molecule has 0 fully saturated rings. The fraction of sp³-hybridized carbons (Fsp3) is 0.385. The van der Waals surface area contributed by atoms with E-state index in [1.165, 1.54) is 22.3 Å². The van der Waals surface area contributed by atoms with Crippen molar-refractivity contribution in [2.45, 2.75) is 26.7 Å². The third-order valence-corrected chi connectivity index (χ3v) is 3.17. The second-order valence-electron chi connectivity index (χ2n) is 3.57. The van der Waals surface area contributed by atoms with Crippen molar-refractivity contribution in [3.05, 3.63) is 39.9 Å². The molecule has 0 aromatic heterocycles. The molecule has 0 aliphatic carbocycles. The molecule has 0 aliphatic rings. The molecule has 0 saturated carbocycles. The van der Waals surface area contributed by atoms with Gasteiger partial charge in [0.25, 0.3) is 0 Å². The maximum Gasteiger partial charge on any atom is 0.0516 e. The molecular weight excluding hydrogens is 241 g/mol. The van der Waals surface area contributed by atoms with E-state index in [1.807, 2.05) is 0 Å². The number of nitrogens with one attached hydrogen (secondary N) is 1. The van der Waals surface area contributed by atoms with E-state index < -0.39 is 0 Å². The monoisotopic (exact) mass is 257 g/mol. The van der Waals surface area contributed by atoms with Gasteiger partial charge in [0.15, 0.2) is 0 Å². The van der Waals surface area contributed by atoms with Crippen molar-refractivity contribution in [1.82, 2.24) is 0 Å². The van der Waals surface area contributed by atoms with E-state index in [4.69, 9.17) is 23.2 Å². The zero-order valence-electron chi connectivity index (χ0n) is 9.69. The van der Waals surface area contributed by atoms with Crippen molar-refractivity contribution in [3.8, 4) is 0 Å². The fourth-order valence-corrected chi connectivity index (χ4v) is 1.83. The molecule has 0 unspecified atom stereocenters. The first-order valence-corrected chi connectivity index (χ1v) is 6.33. The number of aryl methyl sites for hydroxylation is 2. The molecule has 0 spiro atoms. The van der Waals surface area contributed by atoms with Gasteiger partial charge in [0.1, 0.15) is 0 Å². The quantitative estimate of drug-likeness (QED) is 0.817. The lowest BCUT2D eigenvalue weighted by Crippen LogP contribution is -2.06. The summed E-state index contributed by atoms with van der Waals surface area (Å²) in [4.78, 5) is 0. The van der Waals surface area contributed by atoms with Gasteiger partial charge in [-0.1, -0.05) is 55.2 Å². The van der Waals surface area contributed by atoms with Gasteiger partial charge in [0.05, 0.1) is 6.54 Å². The van der Waals surface area contributed by atoms with Crippen molar-refractivity contribution < 1.29 is 0 Å². The Kier molecular flexibility index (Phi) is 5.72. The van der Waals surface area contributed by atoms with Crippen LogP contribution in [0.3, 0.4) is 0 Å². The maximum absolute atomic E-state index is 5.87. The van der Waals surface area contributed by atoms with E-state index in [9.17, 15) is 0 Å². The maximum atomic E-state index is 5.87. The highest BCUT2D eigenvalue weighted by Gasteiger charge is 2.05. The summed E-state index contributed by atoms with van der Waals surface area (Å²) in [5.74, 6) is 0. The molecule has 16 heavy (non-hydrogen) atoms. The van der Waals surface area contributed by atoms with Crippen LogP contribution in [0.25, 0.3) is 0 Å². The van der Waals surface area contributed by atoms with Gasteiger partial charge in [-0.25, -0.2) is 0 Å². The van der Waals surface area contributed by atoms with Crippen LogP contribution in [0.4, 0.5) is 5.69 Å². The SMILES string of the molecule is CCc1cccc(CC)c1NCC(Cl)=CCl. The first kappa shape index (κ1) is 13.4. The van der Waals surface area contributed by atoms with Crippen LogP contribution in [-0.4, -0.2) is 6.54 Å². The predicted octanol–water partition coefficient (Wildman–Crippen LogP) is 4.54. The summed E-state index contributed by atoms with van der Waals surface area (Å²) in [7, 11) is 0. The number of benzene rings is 1. The molecule has 0 amide bonds. The summed E-state index contributed by atoms with van der Waals surface area (Å²) in [5, 5.41) is 3.97. The Labute approximate surface area is 107 Å². The highest BCUT2D eigenvalue weighted by atomic mass is 35.5. The number of halogens is 2. The van der Waals surface area contributed by atoms with E-state index in [0.717, 1.165) is 12.8 Å². The highest BCUT2D eigenvalue weighted by molar-refractivity contribution is 6.36. The standard InChI is InChI=1S/C13H17Cl2N/c1-3-10-6-5-7-11(4-2)13(10)16-9-12(15)8-14/h5-8,16H,3-4,9H2,1-2H3. The normalized spacial score (nSPS) is 11.6. The second-order valence-corrected chi connectivity index (χ2v) is 4.27. The Hall–Kier alpha value is -0.660. The Morgan fingerprint density at radius 2 is 1.81 bits per heavy atom. The highest BCUT2D eigenvalue weighted by Crippen LogP contribution is 2.23. The van der Waals surface area contributed by atoms with E-state index >= 15 is 0 Å². The zero-order valence-corrected chi connectivity index (χ0v) is 11.2. The third-order valence-electron chi connectivity index (χ3n) is 2.55. The smallest absolute Gasteiger partial charge is 0.0516 e. The van der Waals surface area contributed by atoms with Gasteiger partial charge in [0, 0.05) is 16.3 Å². The number of anilines is 1. The molecule has 3 heteroatoms. The van der Waals surface area contributed by atoms with E-state index in [1.54, 1.807) is 0 Å². The minimum atomic E-state index is 0.578. The zero-order chi connectivity index (χ0) is 12.0. The summed E-state index contributed by atoms with van der Waals surface area (Å²) >= 11 is 11.4. The van der Waals surface area contributed by atoms with Crippen LogP contribution in [0.1, 0.15) is 25.0 Å². The molecule has 0 atom stereocenters. The number of rotatable bonds is 5. The Bertz CT molecular complexity index is 350. The van der Waals surface area contributed by atoms with Crippen LogP contribution in [0, 0.1) is 0 Å². The Balaban J connectivity index is 2.91. The van der Waals surface area contributed by atoms with Crippen molar-refractivity contribution in [3.63, 3.8) is 0 Å². The molecule has 1 aromatic rings. The van der Waals surface area contributed by atoms with Crippen molar-refractivity contribution in [1.29, 1.82) is 0 Å².